The number of thiophene rings is 1. The van der Waals surface area contributed by atoms with Gasteiger partial charge in [-0.2, -0.15) is 0 Å². The van der Waals surface area contributed by atoms with Crippen molar-refractivity contribution in [2.45, 2.75) is 17.9 Å². The summed E-state index contributed by atoms with van der Waals surface area (Å²) in [6, 6.07) is 0.406. The first-order valence-corrected chi connectivity index (χ1v) is 8.21. The lowest BCUT2D eigenvalue weighted by molar-refractivity contribution is 0.100. The summed E-state index contributed by atoms with van der Waals surface area (Å²) in [6.07, 6.45) is 1.98. The van der Waals surface area contributed by atoms with Crippen LogP contribution in [0.1, 0.15) is 16.6 Å². The van der Waals surface area contributed by atoms with Crippen LogP contribution in [-0.2, 0) is 0 Å². The molecule has 5 nitrogen and oxygen atoms in total. The average Bonchev–Trinajstić information content (AvgIpc) is 2.66. The highest BCUT2D eigenvalue weighted by Gasteiger charge is 2.28. The van der Waals surface area contributed by atoms with Crippen molar-refractivity contribution in [1.29, 1.82) is 0 Å². The highest BCUT2D eigenvalue weighted by atomic mass is 32.2. The highest BCUT2D eigenvalue weighted by molar-refractivity contribution is 7.99. The number of carbonyl (C=O) groups is 1. The summed E-state index contributed by atoms with van der Waals surface area (Å²) in [5.41, 5.74) is 12.0. The van der Waals surface area contributed by atoms with Gasteiger partial charge in [-0.05, 0) is 20.2 Å². The molecule has 1 unspecified atom stereocenters. The number of carbonyl (C=O) groups excluding carboxylic acids is 1. The number of thioether (sulfide) groups is 1. The zero-order valence-electron chi connectivity index (χ0n) is 11.5. The maximum atomic E-state index is 11.4. The topological polar surface area (TPSA) is 75.6 Å². The zero-order valence-corrected chi connectivity index (χ0v) is 13.1. The van der Waals surface area contributed by atoms with Crippen molar-refractivity contribution in [2.75, 3.05) is 43.6 Å². The third kappa shape index (κ3) is 2.68. The van der Waals surface area contributed by atoms with E-state index < -0.39 is 5.91 Å². The number of hydrogen-bond acceptors (Lipinski definition) is 6. The Bertz CT molecular complexity index is 488. The van der Waals surface area contributed by atoms with Gasteiger partial charge in [0.1, 0.15) is 9.88 Å². The van der Waals surface area contributed by atoms with Crippen LogP contribution in [0.3, 0.4) is 0 Å². The number of nitrogens with two attached hydrogens (primary N) is 2. The molecule has 1 aliphatic rings. The van der Waals surface area contributed by atoms with Crippen LogP contribution in [0, 0.1) is 0 Å². The summed E-state index contributed by atoms with van der Waals surface area (Å²) < 4.78 is 0. The highest BCUT2D eigenvalue weighted by Crippen LogP contribution is 2.44. The molecule has 1 amide bonds. The molecule has 2 heterocycles. The second-order valence-electron chi connectivity index (χ2n) is 4.85. The number of likely N-dealkylation sites (N-methyl/N-ethyl adjacent to an activating group) is 1. The van der Waals surface area contributed by atoms with Crippen LogP contribution in [-0.4, -0.2) is 49.8 Å². The summed E-state index contributed by atoms with van der Waals surface area (Å²) in [5.74, 6) is -0.439. The van der Waals surface area contributed by atoms with E-state index in [2.05, 4.69) is 23.8 Å². The van der Waals surface area contributed by atoms with Gasteiger partial charge in [0.05, 0.1) is 10.6 Å². The summed E-state index contributed by atoms with van der Waals surface area (Å²) in [4.78, 5) is 17.5. The van der Waals surface area contributed by atoms with Crippen molar-refractivity contribution in [2.24, 2.45) is 5.73 Å². The molecule has 0 aromatic carbocycles. The normalized spacial score (nSPS) is 20.8. The smallest absolute Gasteiger partial charge is 0.261 e. The van der Waals surface area contributed by atoms with E-state index in [1.807, 2.05) is 6.26 Å². The standard InChI is InChI=1S/C12H20N4OS2/c1-7-6-15(2)4-5-16(7)12-10(18-3)8(13)9(19-12)11(14)17/h7H,4-6,13H2,1-3H3,(H2,14,17). The van der Waals surface area contributed by atoms with Gasteiger partial charge in [-0.1, -0.05) is 0 Å². The van der Waals surface area contributed by atoms with Gasteiger partial charge in [-0.3, -0.25) is 4.79 Å². The molecule has 4 N–H and O–H groups in total. The second-order valence-corrected chi connectivity index (χ2v) is 6.67. The molecule has 7 heteroatoms. The second kappa shape index (κ2) is 5.60. The summed E-state index contributed by atoms with van der Waals surface area (Å²) >= 11 is 3.00. The largest absolute Gasteiger partial charge is 0.396 e. The summed E-state index contributed by atoms with van der Waals surface area (Å²) in [5, 5.41) is 1.08. The fraction of sp³-hybridized carbons (Fsp3) is 0.583. The van der Waals surface area contributed by atoms with Gasteiger partial charge in [0, 0.05) is 25.7 Å². The maximum absolute atomic E-state index is 11.4. The molecule has 0 bridgehead atoms. The molecular weight excluding hydrogens is 280 g/mol. The molecular formula is C12H20N4OS2. The van der Waals surface area contributed by atoms with Crippen LogP contribution in [0.2, 0.25) is 0 Å². The lowest BCUT2D eigenvalue weighted by atomic mass is 10.2. The number of anilines is 2. The third-order valence-electron chi connectivity index (χ3n) is 3.40. The van der Waals surface area contributed by atoms with E-state index in [1.165, 1.54) is 11.3 Å². The van der Waals surface area contributed by atoms with Crippen LogP contribution in [0.15, 0.2) is 4.90 Å². The lowest BCUT2D eigenvalue weighted by Crippen LogP contribution is -2.50. The van der Waals surface area contributed by atoms with Crippen molar-refractivity contribution < 1.29 is 4.79 Å². The third-order valence-corrected chi connectivity index (χ3v) is 5.61. The van der Waals surface area contributed by atoms with Crippen LogP contribution < -0.4 is 16.4 Å². The van der Waals surface area contributed by atoms with Crippen molar-refractivity contribution in [1.82, 2.24) is 4.90 Å². The number of nitrogen functional groups attached to an aromatic ring is 1. The molecule has 1 atom stereocenters. The van der Waals surface area contributed by atoms with Gasteiger partial charge in [-0.25, -0.2) is 0 Å². The fourth-order valence-electron chi connectivity index (χ4n) is 2.43. The van der Waals surface area contributed by atoms with Crippen molar-refractivity contribution in [3.63, 3.8) is 0 Å². The molecule has 0 aliphatic carbocycles. The molecule has 1 saturated heterocycles. The Morgan fingerprint density at radius 2 is 2.16 bits per heavy atom. The molecule has 1 aromatic heterocycles. The molecule has 19 heavy (non-hydrogen) atoms. The molecule has 0 radical (unpaired) electrons. The number of hydrogen-bond donors (Lipinski definition) is 2. The Morgan fingerprint density at radius 1 is 1.47 bits per heavy atom. The van der Waals surface area contributed by atoms with E-state index in [9.17, 15) is 4.79 Å². The Morgan fingerprint density at radius 3 is 2.68 bits per heavy atom. The van der Waals surface area contributed by atoms with Gasteiger partial charge < -0.3 is 21.3 Å². The molecule has 1 fully saturated rings. The summed E-state index contributed by atoms with van der Waals surface area (Å²) in [6.45, 7) is 5.17. The van der Waals surface area contributed by atoms with Crippen LogP contribution in [0.4, 0.5) is 10.7 Å². The number of nitrogens with zero attached hydrogens (tertiary/aromatic N) is 2. The van der Waals surface area contributed by atoms with Crippen LogP contribution >= 0.6 is 23.1 Å². The van der Waals surface area contributed by atoms with E-state index in [4.69, 9.17) is 11.5 Å². The van der Waals surface area contributed by atoms with E-state index in [-0.39, 0.29) is 0 Å². The van der Waals surface area contributed by atoms with Gasteiger partial charge in [0.15, 0.2) is 0 Å². The van der Waals surface area contributed by atoms with Crippen molar-refractivity contribution in [3.05, 3.63) is 4.88 Å². The predicted octanol–water partition coefficient (Wildman–Crippen LogP) is 1.29. The molecule has 1 aliphatic heterocycles. The first kappa shape index (κ1) is 14.5. The Balaban J connectivity index is 2.39. The minimum Gasteiger partial charge on any atom is -0.396 e. The maximum Gasteiger partial charge on any atom is 0.261 e. The van der Waals surface area contributed by atoms with Gasteiger partial charge in [0.2, 0.25) is 0 Å². The van der Waals surface area contributed by atoms with Gasteiger partial charge >= 0.3 is 0 Å². The Labute approximate surface area is 121 Å². The predicted molar refractivity (Wildman–Crippen MR) is 83.3 cm³/mol. The zero-order chi connectivity index (χ0) is 14.2. The first-order valence-electron chi connectivity index (χ1n) is 6.17. The molecule has 0 spiro atoms. The van der Waals surface area contributed by atoms with Crippen molar-refractivity contribution in [3.8, 4) is 0 Å². The van der Waals surface area contributed by atoms with Crippen molar-refractivity contribution >= 4 is 39.7 Å². The monoisotopic (exact) mass is 300 g/mol. The van der Waals surface area contributed by atoms with Gasteiger partial charge in [-0.15, -0.1) is 23.1 Å². The Hall–Kier alpha value is -0.920. The Kier molecular flexibility index (Phi) is 4.27. The number of rotatable bonds is 3. The SMILES string of the molecule is CSc1c(N2CCN(C)CC2C)sc(C(N)=O)c1N. The average molecular weight is 300 g/mol. The minimum atomic E-state index is -0.439. The van der Waals surface area contributed by atoms with E-state index >= 15 is 0 Å². The quantitative estimate of drug-likeness (QED) is 0.823. The molecule has 2 rings (SSSR count). The number of piperazine rings is 1. The molecule has 0 saturated carbocycles. The molecule has 1 aromatic rings. The first-order chi connectivity index (χ1) is 8.95. The lowest BCUT2D eigenvalue weighted by Gasteiger charge is -2.39. The fourth-order valence-corrected chi connectivity index (χ4v) is 4.58. The van der Waals surface area contributed by atoms with E-state index in [0.717, 1.165) is 29.5 Å². The number of primary amides is 1. The minimum absolute atomic E-state index is 0.406. The summed E-state index contributed by atoms with van der Waals surface area (Å²) in [7, 11) is 2.13. The number of amides is 1. The van der Waals surface area contributed by atoms with E-state index in [0.29, 0.717) is 16.6 Å². The van der Waals surface area contributed by atoms with Crippen LogP contribution in [0.25, 0.3) is 0 Å². The molecule has 106 valence electrons. The van der Waals surface area contributed by atoms with Crippen LogP contribution in [0.5, 0.6) is 0 Å². The van der Waals surface area contributed by atoms with E-state index in [1.54, 1.807) is 11.8 Å². The van der Waals surface area contributed by atoms with Gasteiger partial charge in [0.25, 0.3) is 5.91 Å².